The van der Waals surface area contributed by atoms with Gasteiger partial charge in [0, 0.05) is 26.4 Å². The van der Waals surface area contributed by atoms with E-state index >= 15 is 0 Å². The van der Waals surface area contributed by atoms with E-state index in [-0.39, 0.29) is 0 Å². The lowest BCUT2D eigenvalue weighted by Crippen LogP contribution is -2.49. The number of hydrogen-bond donors (Lipinski definition) is 1. The van der Waals surface area contributed by atoms with Crippen molar-refractivity contribution in [2.75, 3.05) is 32.2 Å². The van der Waals surface area contributed by atoms with Crippen molar-refractivity contribution < 1.29 is 17.7 Å². The first-order chi connectivity index (χ1) is 7.74. The van der Waals surface area contributed by atoms with Gasteiger partial charge in [-0.1, -0.05) is 0 Å². The Morgan fingerprint density at radius 2 is 1.31 bits per heavy atom. The van der Waals surface area contributed by atoms with Crippen molar-refractivity contribution in [2.45, 2.75) is 33.6 Å². The van der Waals surface area contributed by atoms with Crippen LogP contribution in [-0.4, -0.2) is 41.2 Å². The molecule has 0 aromatic rings. The Kier molecular flexibility index (Phi) is 10.8. The Labute approximate surface area is 106 Å². The summed E-state index contributed by atoms with van der Waals surface area (Å²) in [6.07, 6.45) is 1.98. The average molecular weight is 268 g/mol. The van der Waals surface area contributed by atoms with Crippen LogP contribution in [0, 0.1) is 0 Å². The van der Waals surface area contributed by atoms with Crippen molar-refractivity contribution in [3.63, 3.8) is 0 Å². The summed E-state index contributed by atoms with van der Waals surface area (Å²) in [5, 5.41) is 0. The van der Waals surface area contributed by atoms with E-state index in [0.717, 1.165) is 18.6 Å². The highest BCUT2D eigenvalue weighted by Gasteiger charge is 2.44. The fraction of sp³-hybridized carbons (Fsp3) is 1.00. The van der Waals surface area contributed by atoms with E-state index < -0.39 is 9.05 Å². The summed E-state index contributed by atoms with van der Waals surface area (Å²) in [5.74, 6) is 0.871. The molecule has 0 atom stereocenters. The third kappa shape index (κ3) is 6.88. The van der Waals surface area contributed by atoms with Crippen LogP contribution in [0.25, 0.3) is 0 Å². The van der Waals surface area contributed by atoms with E-state index in [9.17, 15) is 0 Å². The molecule has 0 aromatic heterocycles. The van der Waals surface area contributed by atoms with E-state index in [1.54, 1.807) is 0 Å². The van der Waals surface area contributed by atoms with Crippen LogP contribution >= 0.6 is 12.6 Å². The van der Waals surface area contributed by atoms with E-state index in [4.69, 9.17) is 17.7 Å². The third-order valence-electron chi connectivity index (χ3n) is 1.79. The Morgan fingerprint density at radius 3 is 1.69 bits per heavy atom. The normalized spacial score (nSPS) is 12.0. The van der Waals surface area contributed by atoms with Gasteiger partial charge < -0.3 is 17.7 Å². The molecule has 0 unspecified atom stereocenters. The molecule has 0 N–H and O–H groups in total. The first kappa shape index (κ1) is 16.4. The van der Waals surface area contributed by atoms with Crippen molar-refractivity contribution >= 4 is 21.7 Å². The first-order valence-corrected chi connectivity index (χ1v) is 8.17. The minimum Gasteiger partial charge on any atom is -0.351 e. The SMILES string of the molecule is CCO[Si](OCC)(OCC)OCCCCS. The molecule has 0 saturated carbocycles. The van der Waals surface area contributed by atoms with Gasteiger partial charge in [0.1, 0.15) is 0 Å². The van der Waals surface area contributed by atoms with E-state index in [2.05, 4.69) is 12.6 Å². The Hall–Kier alpha value is 0.407. The molecule has 0 bridgehead atoms. The van der Waals surface area contributed by atoms with Gasteiger partial charge in [0.2, 0.25) is 0 Å². The van der Waals surface area contributed by atoms with Gasteiger partial charge in [0.25, 0.3) is 0 Å². The summed E-state index contributed by atoms with van der Waals surface area (Å²) in [6.45, 7) is 7.97. The second-order valence-electron chi connectivity index (χ2n) is 3.08. The molecule has 0 aliphatic rings. The molecule has 0 radical (unpaired) electrons. The summed E-state index contributed by atoms with van der Waals surface area (Å²) >= 11 is 4.15. The van der Waals surface area contributed by atoms with Crippen LogP contribution in [0.2, 0.25) is 0 Å². The second-order valence-corrected chi connectivity index (χ2v) is 5.68. The predicted octanol–water partition coefficient (Wildman–Crippen LogP) is 2.26. The lowest BCUT2D eigenvalue weighted by atomic mass is 10.4. The van der Waals surface area contributed by atoms with E-state index in [1.165, 1.54) is 0 Å². The van der Waals surface area contributed by atoms with Gasteiger partial charge in [-0.3, -0.25) is 0 Å². The molecule has 98 valence electrons. The molecule has 0 spiro atoms. The van der Waals surface area contributed by atoms with Crippen molar-refractivity contribution in [1.82, 2.24) is 0 Å². The molecule has 4 nitrogen and oxygen atoms in total. The maximum atomic E-state index is 5.69. The van der Waals surface area contributed by atoms with Crippen molar-refractivity contribution in [3.8, 4) is 0 Å². The summed E-state index contributed by atoms with van der Waals surface area (Å²) in [7, 11) is -2.87. The predicted molar refractivity (Wildman–Crippen MR) is 69.7 cm³/mol. The highest BCUT2D eigenvalue weighted by Crippen LogP contribution is 2.12. The topological polar surface area (TPSA) is 36.9 Å². The van der Waals surface area contributed by atoms with Crippen LogP contribution in [0.5, 0.6) is 0 Å². The average Bonchev–Trinajstić information content (AvgIpc) is 2.26. The summed E-state index contributed by atoms with van der Waals surface area (Å²) in [5.41, 5.74) is 0. The van der Waals surface area contributed by atoms with Crippen LogP contribution in [-0.2, 0) is 17.7 Å². The highest BCUT2D eigenvalue weighted by atomic mass is 32.1. The standard InChI is InChI=1S/C10H24O4SSi/c1-4-11-16(12-5-2,13-6-3)14-9-7-8-10-15/h15H,4-10H2,1-3H3. The molecule has 0 heterocycles. The molecule has 16 heavy (non-hydrogen) atoms. The lowest BCUT2D eigenvalue weighted by molar-refractivity contribution is -0.0278. The maximum Gasteiger partial charge on any atom is 0.679 e. The fourth-order valence-electron chi connectivity index (χ4n) is 1.19. The molecule has 0 aromatic carbocycles. The van der Waals surface area contributed by atoms with Crippen molar-refractivity contribution in [3.05, 3.63) is 0 Å². The van der Waals surface area contributed by atoms with Crippen LogP contribution in [0.15, 0.2) is 0 Å². The second kappa shape index (κ2) is 10.6. The Morgan fingerprint density at radius 1 is 0.812 bits per heavy atom. The quantitative estimate of drug-likeness (QED) is 0.354. The zero-order valence-corrected chi connectivity index (χ0v) is 12.4. The van der Waals surface area contributed by atoms with Gasteiger partial charge in [0.15, 0.2) is 0 Å². The zero-order valence-electron chi connectivity index (χ0n) is 10.5. The minimum absolute atomic E-state index is 0.540. The van der Waals surface area contributed by atoms with Gasteiger partial charge in [0.05, 0.1) is 0 Å². The molecular formula is C10H24O4SSi. The van der Waals surface area contributed by atoms with Gasteiger partial charge in [-0.25, -0.2) is 0 Å². The molecule has 0 fully saturated rings. The number of hydrogen-bond acceptors (Lipinski definition) is 5. The largest absolute Gasteiger partial charge is 0.679 e. The molecule has 0 rings (SSSR count). The molecule has 6 heteroatoms. The molecule has 0 aliphatic carbocycles. The highest BCUT2D eigenvalue weighted by molar-refractivity contribution is 7.80. The third-order valence-corrected chi connectivity index (χ3v) is 4.60. The number of rotatable bonds is 11. The summed E-state index contributed by atoms with van der Waals surface area (Å²) < 4.78 is 22.3. The van der Waals surface area contributed by atoms with Crippen molar-refractivity contribution in [2.24, 2.45) is 0 Å². The fourth-order valence-corrected chi connectivity index (χ4v) is 3.37. The van der Waals surface area contributed by atoms with Gasteiger partial charge in [-0.15, -0.1) is 0 Å². The maximum absolute atomic E-state index is 5.69. The van der Waals surface area contributed by atoms with Crippen LogP contribution in [0.4, 0.5) is 0 Å². The monoisotopic (exact) mass is 268 g/mol. The van der Waals surface area contributed by atoms with Gasteiger partial charge in [-0.05, 0) is 39.4 Å². The van der Waals surface area contributed by atoms with E-state index in [1.807, 2.05) is 20.8 Å². The molecule has 0 saturated heterocycles. The lowest BCUT2D eigenvalue weighted by Gasteiger charge is -2.26. The molecular weight excluding hydrogens is 244 g/mol. The number of unbranched alkanes of at least 4 members (excludes halogenated alkanes) is 1. The van der Waals surface area contributed by atoms with Crippen LogP contribution in [0.1, 0.15) is 33.6 Å². The van der Waals surface area contributed by atoms with Gasteiger partial charge in [-0.2, -0.15) is 12.6 Å². The zero-order chi connectivity index (χ0) is 12.3. The first-order valence-electron chi connectivity index (χ1n) is 5.91. The number of thiol groups is 1. The molecule has 0 amide bonds. The minimum atomic E-state index is -2.87. The van der Waals surface area contributed by atoms with Crippen LogP contribution in [0.3, 0.4) is 0 Å². The summed E-state index contributed by atoms with van der Waals surface area (Å²) in [6, 6.07) is 0. The Balaban J connectivity index is 4.12. The Bertz CT molecular complexity index is 143. The van der Waals surface area contributed by atoms with Gasteiger partial charge >= 0.3 is 9.05 Å². The molecule has 0 aliphatic heterocycles. The van der Waals surface area contributed by atoms with Crippen molar-refractivity contribution in [1.29, 1.82) is 0 Å². The summed E-state index contributed by atoms with van der Waals surface area (Å²) in [4.78, 5) is 0. The smallest absolute Gasteiger partial charge is 0.351 e. The van der Waals surface area contributed by atoms with Crippen LogP contribution < -0.4 is 0 Å². The van der Waals surface area contributed by atoms with E-state index in [0.29, 0.717) is 26.4 Å².